The van der Waals surface area contributed by atoms with E-state index in [1.807, 2.05) is 55.5 Å². The Labute approximate surface area is 149 Å². The van der Waals surface area contributed by atoms with Gasteiger partial charge in [-0.05, 0) is 42.8 Å². The number of aryl methyl sites for hydroxylation is 1. The summed E-state index contributed by atoms with van der Waals surface area (Å²) in [6.45, 7) is 2.05. The zero-order valence-electron chi connectivity index (χ0n) is 12.5. The van der Waals surface area contributed by atoms with Crippen LogP contribution in [0.5, 0.6) is 0 Å². The van der Waals surface area contributed by atoms with Crippen molar-refractivity contribution in [3.05, 3.63) is 92.9 Å². The first-order valence-electron chi connectivity index (χ1n) is 7.21. The van der Waals surface area contributed by atoms with Crippen molar-refractivity contribution >= 4 is 33.3 Å². The summed E-state index contributed by atoms with van der Waals surface area (Å²) < 4.78 is 0.946. The van der Waals surface area contributed by atoms with Crippen molar-refractivity contribution in [1.29, 1.82) is 0 Å². The second-order valence-corrected chi connectivity index (χ2v) is 6.72. The van der Waals surface area contributed by atoms with Gasteiger partial charge in [0.1, 0.15) is 0 Å². The molecule has 0 N–H and O–H groups in total. The smallest absolute Gasteiger partial charge is 0.193 e. The maximum Gasteiger partial charge on any atom is 0.193 e. The third kappa shape index (κ3) is 3.54. The van der Waals surface area contributed by atoms with E-state index in [4.69, 9.17) is 11.6 Å². The molecule has 0 bridgehead atoms. The van der Waals surface area contributed by atoms with Gasteiger partial charge in [-0.2, -0.15) is 0 Å². The monoisotopic (exact) mass is 384 g/mol. The van der Waals surface area contributed by atoms with E-state index in [0.29, 0.717) is 16.1 Å². The lowest BCUT2D eigenvalue weighted by molar-refractivity contribution is 0.103. The van der Waals surface area contributed by atoms with Crippen molar-refractivity contribution in [1.82, 2.24) is 0 Å². The molecule has 0 unspecified atom stereocenters. The molecule has 0 fully saturated rings. The molecule has 1 nitrogen and oxygen atoms in total. The van der Waals surface area contributed by atoms with Gasteiger partial charge in [0.25, 0.3) is 0 Å². The SMILES string of the molecule is Cc1ccc(-c2ccc(C(=O)c3ccc(Br)cc3)cc2Cl)cc1. The minimum absolute atomic E-state index is 0.0325. The number of carbonyl (C=O) groups excluding carboxylic acids is 1. The first-order chi connectivity index (χ1) is 11.0. The quantitative estimate of drug-likeness (QED) is 0.483. The zero-order chi connectivity index (χ0) is 16.4. The normalized spacial score (nSPS) is 10.6. The van der Waals surface area contributed by atoms with Crippen molar-refractivity contribution in [2.75, 3.05) is 0 Å². The molecule has 0 aliphatic heterocycles. The van der Waals surface area contributed by atoms with E-state index in [9.17, 15) is 4.79 Å². The lowest BCUT2D eigenvalue weighted by atomic mass is 9.99. The zero-order valence-corrected chi connectivity index (χ0v) is 14.9. The van der Waals surface area contributed by atoms with Crippen LogP contribution in [-0.4, -0.2) is 5.78 Å². The summed E-state index contributed by atoms with van der Waals surface area (Å²) in [7, 11) is 0. The van der Waals surface area contributed by atoms with Crippen molar-refractivity contribution < 1.29 is 4.79 Å². The molecule has 0 atom stereocenters. The van der Waals surface area contributed by atoms with Crippen molar-refractivity contribution in [2.24, 2.45) is 0 Å². The highest BCUT2D eigenvalue weighted by molar-refractivity contribution is 9.10. The Morgan fingerprint density at radius 1 is 0.870 bits per heavy atom. The average molecular weight is 386 g/mol. The fraction of sp³-hybridized carbons (Fsp3) is 0.0500. The molecule has 0 heterocycles. The highest BCUT2D eigenvalue weighted by Gasteiger charge is 2.12. The van der Waals surface area contributed by atoms with Gasteiger partial charge in [-0.3, -0.25) is 4.79 Å². The summed E-state index contributed by atoms with van der Waals surface area (Å²) in [6, 6.07) is 20.9. The van der Waals surface area contributed by atoms with E-state index in [2.05, 4.69) is 15.9 Å². The summed E-state index contributed by atoms with van der Waals surface area (Å²) in [6.07, 6.45) is 0. The van der Waals surface area contributed by atoms with Crippen molar-refractivity contribution in [2.45, 2.75) is 6.92 Å². The van der Waals surface area contributed by atoms with Gasteiger partial charge in [-0.25, -0.2) is 0 Å². The van der Waals surface area contributed by atoms with Crippen LogP contribution >= 0.6 is 27.5 Å². The van der Waals surface area contributed by atoms with E-state index < -0.39 is 0 Å². The average Bonchev–Trinajstić information content (AvgIpc) is 2.56. The Kier molecular flexibility index (Phi) is 4.65. The molecule has 0 aliphatic rings. The number of hydrogen-bond acceptors (Lipinski definition) is 1. The topological polar surface area (TPSA) is 17.1 Å². The van der Waals surface area contributed by atoms with E-state index >= 15 is 0 Å². The maximum atomic E-state index is 12.5. The fourth-order valence-corrected chi connectivity index (χ4v) is 2.95. The third-order valence-corrected chi connectivity index (χ3v) is 4.54. The van der Waals surface area contributed by atoms with Gasteiger partial charge < -0.3 is 0 Å². The minimum Gasteiger partial charge on any atom is -0.289 e. The fourth-order valence-electron chi connectivity index (χ4n) is 2.39. The van der Waals surface area contributed by atoms with Crippen molar-refractivity contribution in [3.63, 3.8) is 0 Å². The Bertz CT molecular complexity index is 852. The summed E-state index contributed by atoms with van der Waals surface area (Å²) in [4.78, 5) is 12.5. The van der Waals surface area contributed by atoms with Gasteiger partial charge >= 0.3 is 0 Å². The third-order valence-electron chi connectivity index (χ3n) is 3.70. The molecule has 0 aliphatic carbocycles. The van der Waals surface area contributed by atoms with Crippen LogP contribution in [0, 0.1) is 6.92 Å². The van der Waals surface area contributed by atoms with Crippen LogP contribution in [0.2, 0.25) is 5.02 Å². The Morgan fingerprint density at radius 3 is 2.09 bits per heavy atom. The number of carbonyl (C=O) groups is 1. The minimum atomic E-state index is -0.0325. The largest absolute Gasteiger partial charge is 0.289 e. The van der Waals surface area contributed by atoms with Gasteiger partial charge in [0, 0.05) is 26.2 Å². The predicted molar refractivity (Wildman–Crippen MR) is 99.2 cm³/mol. The molecule has 3 aromatic rings. The first kappa shape index (κ1) is 16.0. The highest BCUT2D eigenvalue weighted by Crippen LogP contribution is 2.29. The Hall–Kier alpha value is -1.90. The van der Waals surface area contributed by atoms with Crippen LogP contribution in [0.1, 0.15) is 21.5 Å². The molecule has 3 aromatic carbocycles. The van der Waals surface area contributed by atoms with Crippen LogP contribution in [0.4, 0.5) is 0 Å². The lowest BCUT2D eigenvalue weighted by Gasteiger charge is -2.08. The van der Waals surface area contributed by atoms with E-state index in [1.54, 1.807) is 18.2 Å². The molecule has 3 heteroatoms. The molecule has 23 heavy (non-hydrogen) atoms. The van der Waals surface area contributed by atoms with Crippen molar-refractivity contribution in [3.8, 4) is 11.1 Å². The summed E-state index contributed by atoms with van der Waals surface area (Å²) in [5.41, 5.74) is 4.41. The van der Waals surface area contributed by atoms with Gasteiger partial charge in [0.05, 0.1) is 0 Å². The molecule has 114 valence electrons. The molecular weight excluding hydrogens is 372 g/mol. The molecule has 0 radical (unpaired) electrons. The summed E-state index contributed by atoms with van der Waals surface area (Å²) >= 11 is 9.77. The molecule has 0 aromatic heterocycles. The second kappa shape index (κ2) is 6.69. The summed E-state index contributed by atoms with van der Waals surface area (Å²) in [5.74, 6) is -0.0325. The van der Waals surface area contributed by atoms with E-state index in [0.717, 1.165) is 15.6 Å². The lowest BCUT2D eigenvalue weighted by Crippen LogP contribution is -2.01. The maximum absolute atomic E-state index is 12.5. The highest BCUT2D eigenvalue weighted by atomic mass is 79.9. The molecule has 0 amide bonds. The Morgan fingerprint density at radius 2 is 1.48 bits per heavy atom. The van der Waals surface area contributed by atoms with E-state index in [-0.39, 0.29) is 5.78 Å². The van der Waals surface area contributed by atoms with Crippen LogP contribution in [0.25, 0.3) is 11.1 Å². The molecular formula is C20H14BrClO. The number of hydrogen-bond donors (Lipinski definition) is 0. The standard InChI is InChI=1S/C20H14BrClO/c1-13-2-4-14(5-3-13)18-11-8-16(12-19(18)22)20(23)15-6-9-17(21)10-7-15/h2-12H,1H3. The molecule has 0 saturated heterocycles. The predicted octanol–water partition coefficient (Wildman–Crippen LogP) is 6.31. The van der Waals surface area contributed by atoms with Gasteiger partial charge in [0.15, 0.2) is 5.78 Å². The molecule has 0 spiro atoms. The Balaban J connectivity index is 1.94. The van der Waals surface area contributed by atoms with Crippen LogP contribution in [-0.2, 0) is 0 Å². The number of rotatable bonds is 3. The molecule has 0 saturated carbocycles. The number of ketones is 1. The van der Waals surface area contributed by atoms with Crippen LogP contribution in [0.15, 0.2) is 71.2 Å². The van der Waals surface area contributed by atoms with E-state index in [1.165, 1.54) is 5.56 Å². The number of halogens is 2. The second-order valence-electron chi connectivity index (χ2n) is 5.40. The first-order valence-corrected chi connectivity index (χ1v) is 8.38. The molecule has 3 rings (SSSR count). The number of benzene rings is 3. The summed E-state index contributed by atoms with van der Waals surface area (Å²) in [5, 5.41) is 0.580. The van der Waals surface area contributed by atoms with Crippen LogP contribution < -0.4 is 0 Å². The van der Waals surface area contributed by atoms with Crippen LogP contribution in [0.3, 0.4) is 0 Å². The van der Waals surface area contributed by atoms with Gasteiger partial charge in [0.2, 0.25) is 0 Å². The van der Waals surface area contributed by atoms with Gasteiger partial charge in [-0.1, -0.05) is 69.5 Å². The van der Waals surface area contributed by atoms with Gasteiger partial charge in [-0.15, -0.1) is 0 Å².